The van der Waals surface area contributed by atoms with Crippen LogP contribution in [0.25, 0.3) is 0 Å². The molecule has 9 heteroatoms. The second kappa shape index (κ2) is 11.4. The third kappa shape index (κ3) is 9.25. The van der Waals surface area contributed by atoms with E-state index in [0.717, 1.165) is 19.4 Å². The highest BCUT2D eigenvalue weighted by atomic mass is 35.5. The minimum atomic E-state index is -3.52. The normalized spacial score (nSPS) is 16.5. The average molecular weight is 477 g/mol. The minimum Gasteiger partial charge on any atom is -0.414 e. The summed E-state index contributed by atoms with van der Waals surface area (Å²) in [7, 11) is -3.52. The van der Waals surface area contributed by atoms with E-state index in [1.807, 2.05) is 0 Å². The smallest absolute Gasteiger partial charge is 0.414 e. The van der Waals surface area contributed by atoms with Crippen LogP contribution in [0.5, 0.6) is 11.5 Å². The van der Waals surface area contributed by atoms with Gasteiger partial charge in [-0.25, -0.2) is 4.57 Å². The molecule has 2 aromatic rings. The van der Waals surface area contributed by atoms with Gasteiger partial charge in [0.05, 0.1) is 22.3 Å². The first kappa shape index (κ1) is 25.0. The summed E-state index contributed by atoms with van der Waals surface area (Å²) in [5, 5.41) is 16.9. The van der Waals surface area contributed by atoms with Crippen LogP contribution in [0.3, 0.4) is 0 Å². The van der Waals surface area contributed by atoms with Gasteiger partial charge in [0.15, 0.2) is 5.79 Å². The molecule has 2 N–H and O–H groups in total. The van der Waals surface area contributed by atoms with Crippen molar-refractivity contribution in [2.45, 2.75) is 45.0 Å². The van der Waals surface area contributed by atoms with Crippen molar-refractivity contribution in [3.05, 3.63) is 58.6 Å². The van der Waals surface area contributed by atoms with Crippen LogP contribution in [0, 0.1) is 0 Å². The van der Waals surface area contributed by atoms with Crippen LogP contribution in [-0.2, 0) is 9.30 Å². The summed E-state index contributed by atoms with van der Waals surface area (Å²) in [6.45, 7) is 3.34. The minimum absolute atomic E-state index is 0.0815. The molecule has 0 aliphatic carbocycles. The largest absolute Gasteiger partial charge is 0.430 e. The number of para-hydroxylation sites is 2. The fourth-order valence-corrected chi connectivity index (χ4v) is 4.82. The molecule has 1 aliphatic heterocycles. The summed E-state index contributed by atoms with van der Waals surface area (Å²) < 4.78 is 30.5. The number of ether oxygens (including phenoxy) is 1. The van der Waals surface area contributed by atoms with Crippen molar-refractivity contribution in [3.8, 4) is 11.5 Å². The van der Waals surface area contributed by atoms with Crippen molar-refractivity contribution in [2.24, 2.45) is 0 Å². The lowest BCUT2D eigenvalue weighted by Crippen LogP contribution is -2.15. The van der Waals surface area contributed by atoms with Crippen LogP contribution >= 0.6 is 30.8 Å². The van der Waals surface area contributed by atoms with E-state index in [-0.39, 0.29) is 12.3 Å². The second-order valence-corrected chi connectivity index (χ2v) is 10.1. The van der Waals surface area contributed by atoms with E-state index < -0.39 is 13.4 Å². The Labute approximate surface area is 187 Å². The Balaban J connectivity index is 0.000000575. The van der Waals surface area contributed by atoms with Crippen molar-refractivity contribution in [2.75, 3.05) is 12.8 Å². The lowest BCUT2D eigenvalue weighted by Gasteiger charge is -2.22. The number of hydrogen-bond donors (Lipinski definition) is 2. The van der Waals surface area contributed by atoms with Gasteiger partial charge >= 0.3 is 7.60 Å². The summed E-state index contributed by atoms with van der Waals surface area (Å²) >= 11 is 12.3. The van der Waals surface area contributed by atoms with E-state index in [2.05, 4.69) is 0 Å². The van der Waals surface area contributed by atoms with Crippen molar-refractivity contribution in [3.63, 3.8) is 0 Å². The zero-order valence-electron chi connectivity index (χ0n) is 17.0. The molecule has 166 valence electrons. The molecular formula is C21H27Cl2O6P. The molecule has 30 heavy (non-hydrogen) atoms. The van der Waals surface area contributed by atoms with Gasteiger partial charge in [-0.2, -0.15) is 0 Å². The zero-order chi connectivity index (χ0) is 22.2. The number of hydrogen-bond acceptors (Lipinski definition) is 6. The van der Waals surface area contributed by atoms with Gasteiger partial charge < -0.3 is 24.0 Å². The maximum absolute atomic E-state index is 13.4. The zero-order valence-corrected chi connectivity index (χ0v) is 19.4. The molecule has 2 aromatic carbocycles. The van der Waals surface area contributed by atoms with Crippen LogP contribution in [0.4, 0.5) is 0 Å². The molecule has 0 amide bonds. The van der Waals surface area contributed by atoms with Gasteiger partial charge in [0.1, 0.15) is 11.5 Å². The molecule has 1 fully saturated rings. The second-order valence-electron chi connectivity index (χ2n) is 7.30. The molecule has 0 bridgehead atoms. The Morgan fingerprint density at radius 3 is 1.90 bits per heavy atom. The highest BCUT2D eigenvalue weighted by Crippen LogP contribution is 2.52. The molecule has 1 saturated heterocycles. The summed E-state index contributed by atoms with van der Waals surface area (Å²) in [6.07, 6.45) is 2.86. The first-order valence-corrected chi connectivity index (χ1v) is 12.1. The Morgan fingerprint density at radius 2 is 1.50 bits per heavy atom. The topological polar surface area (TPSA) is 85.2 Å². The molecule has 1 atom stereocenters. The van der Waals surface area contributed by atoms with Crippen molar-refractivity contribution < 1.29 is 28.6 Å². The third-order valence-electron chi connectivity index (χ3n) is 3.90. The number of rotatable bonds is 7. The molecule has 1 aliphatic rings. The van der Waals surface area contributed by atoms with E-state index in [0.29, 0.717) is 28.0 Å². The lowest BCUT2D eigenvalue weighted by atomic mass is 10.2. The Kier molecular flexibility index (Phi) is 9.48. The highest BCUT2D eigenvalue weighted by Gasteiger charge is 2.32. The molecule has 1 heterocycles. The van der Waals surface area contributed by atoms with Gasteiger partial charge in [-0.3, -0.25) is 0 Å². The number of benzene rings is 2. The van der Waals surface area contributed by atoms with E-state index in [4.69, 9.17) is 47.2 Å². The quantitative estimate of drug-likeness (QED) is 0.381. The maximum atomic E-state index is 13.4. The van der Waals surface area contributed by atoms with Gasteiger partial charge in [-0.1, -0.05) is 47.5 Å². The summed E-state index contributed by atoms with van der Waals surface area (Å²) in [4.78, 5) is 0. The molecule has 0 saturated carbocycles. The molecule has 0 radical (unpaired) electrons. The Bertz CT molecular complexity index is 792. The number of halogens is 2. The van der Waals surface area contributed by atoms with E-state index in [1.165, 1.54) is 13.8 Å². The third-order valence-corrected chi connectivity index (χ3v) is 6.28. The molecule has 1 unspecified atom stereocenters. The maximum Gasteiger partial charge on any atom is 0.430 e. The number of aliphatic hydroxyl groups is 2. The summed E-state index contributed by atoms with van der Waals surface area (Å²) in [6, 6.07) is 13.8. The van der Waals surface area contributed by atoms with Crippen LogP contribution in [-0.4, -0.2) is 34.9 Å². The first-order valence-electron chi connectivity index (χ1n) is 9.59. The van der Waals surface area contributed by atoms with Gasteiger partial charge in [0.2, 0.25) is 0 Å². The van der Waals surface area contributed by atoms with Crippen LogP contribution < -0.4 is 9.05 Å². The summed E-state index contributed by atoms with van der Waals surface area (Å²) in [5.41, 5.74) is 0. The first-order chi connectivity index (χ1) is 14.1. The monoisotopic (exact) mass is 476 g/mol. The lowest BCUT2D eigenvalue weighted by molar-refractivity contribution is -0.127. The molecule has 6 nitrogen and oxygen atoms in total. The van der Waals surface area contributed by atoms with Crippen molar-refractivity contribution in [1.82, 2.24) is 0 Å². The predicted octanol–water partition coefficient (Wildman–Crippen LogP) is 5.92. The fraction of sp³-hybridized carbons (Fsp3) is 0.429. The van der Waals surface area contributed by atoms with Gasteiger partial charge in [0, 0.05) is 6.61 Å². The molecule has 0 aromatic heterocycles. The van der Waals surface area contributed by atoms with Crippen LogP contribution in [0.2, 0.25) is 10.0 Å². The van der Waals surface area contributed by atoms with Gasteiger partial charge in [0.25, 0.3) is 0 Å². The SMILES string of the molecule is CC(C)(O)O.O=P(CCC1CCCO1)(Oc1ccccc1Cl)Oc1ccccc1Cl. The van der Waals surface area contributed by atoms with Gasteiger partial charge in [-0.15, -0.1) is 0 Å². The van der Waals surface area contributed by atoms with Crippen molar-refractivity contribution >= 4 is 30.8 Å². The van der Waals surface area contributed by atoms with Crippen molar-refractivity contribution in [1.29, 1.82) is 0 Å². The van der Waals surface area contributed by atoms with Crippen LogP contribution in [0.1, 0.15) is 33.1 Å². The standard InChI is InChI=1S/C18H19Cl2O4P.C3H8O2/c19-15-7-1-3-9-17(15)23-25(21,13-11-14-6-5-12-22-14)24-18-10-4-2-8-16(18)20;1-3(2,4)5/h1-4,7-10,14H,5-6,11-13H2;4-5H,1-2H3. The predicted molar refractivity (Wildman–Crippen MR) is 119 cm³/mol. The fourth-order valence-electron chi connectivity index (χ4n) is 2.62. The van der Waals surface area contributed by atoms with E-state index in [9.17, 15) is 4.57 Å². The summed E-state index contributed by atoms with van der Waals surface area (Å²) in [5.74, 6) is -0.848. The Morgan fingerprint density at radius 1 is 1.03 bits per heavy atom. The van der Waals surface area contributed by atoms with Gasteiger partial charge in [-0.05, 0) is 57.4 Å². The average Bonchev–Trinajstić information content (AvgIpc) is 3.17. The van der Waals surface area contributed by atoms with E-state index >= 15 is 0 Å². The highest BCUT2D eigenvalue weighted by molar-refractivity contribution is 7.54. The molecule has 3 rings (SSSR count). The Hall–Kier alpha value is -1.27. The molecular weight excluding hydrogens is 450 g/mol. The molecule has 0 spiro atoms. The van der Waals surface area contributed by atoms with Crippen LogP contribution in [0.15, 0.2) is 48.5 Å². The van der Waals surface area contributed by atoms with E-state index in [1.54, 1.807) is 48.5 Å².